The van der Waals surface area contributed by atoms with Gasteiger partial charge in [0.15, 0.2) is 0 Å². The Bertz CT molecular complexity index is 526. The molecule has 3 N–H and O–H groups in total. The van der Waals surface area contributed by atoms with Crippen LogP contribution in [0.3, 0.4) is 0 Å². The number of rotatable bonds is 5. The van der Waals surface area contributed by atoms with E-state index in [1.54, 1.807) is 48.8 Å². The lowest BCUT2D eigenvalue weighted by Crippen LogP contribution is -2.15. The molecule has 0 saturated heterocycles. The van der Waals surface area contributed by atoms with Crippen molar-refractivity contribution in [2.24, 2.45) is 0 Å². The molecule has 19 heavy (non-hydrogen) atoms. The van der Waals surface area contributed by atoms with Gasteiger partial charge in [0.2, 0.25) is 5.91 Å². The molecular weight excluding hydrogens is 242 g/mol. The van der Waals surface area contributed by atoms with Gasteiger partial charge in [-0.1, -0.05) is 0 Å². The number of carbonyl (C=O) groups excluding carboxylic acids is 1. The largest absolute Gasteiger partial charge is 0.493 e. The molecule has 1 aromatic heterocycles. The number of pyridine rings is 1. The van der Waals surface area contributed by atoms with Crippen LogP contribution in [-0.4, -0.2) is 17.5 Å². The fourth-order valence-corrected chi connectivity index (χ4v) is 1.48. The lowest BCUT2D eigenvalue weighted by molar-refractivity contribution is -0.116. The lowest BCUT2D eigenvalue weighted by atomic mass is 10.3. The normalized spacial score (nSPS) is 9.89. The lowest BCUT2D eigenvalue weighted by Gasteiger charge is -2.07. The summed E-state index contributed by atoms with van der Waals surface area (Å²) in [5.74, 6) is 0.604. The van der Waals surface area contributed by atoms with Gasteiger partial charge in [-0.25, -0.2) is 0 Å². The molecule has 0 spiro atoms. The summed E-state index contributed by atoms with van der Waals surface area (Å²) in [6.07, 6.45) is 3.54. The SMILES string of the molecule is Nc1ccc(OCCC(=O)Nc2ccncc2)cc1. The molecule has 0 atom stereocenters. The third-order valence-corrected chi connectivity index (χ3v) is 2.44. The van der Waals surface area contributed by atoms with Crippen LogP contribution in [-0.2, 0) is 4.79 Å². The van der Waals surface area contributed by atoms with Crippen LogP contribution in [0.25, 0.3) is 0 Å². The number of nitrogens with zero attached hydrogens (tertiary/aromatic N) is 1. The number of carbonyl (C=O) groups is 1. The molecule has 0 fully saturated rings. The molecule has 1 heterocycles. The molecule has 0 unspecified atom stereocenters. The minimum Gasteiger partial charge on any atom is -0.493 e. The maximum atomic E-state index is 11.6. The molecule has 1 aromatic carbocycles. The van der Waals surface area contributed by atoms with Crippen molar-refractivity contribution in [3.8, 4) is 5.75 Å². The van der Waals surface area contributed by atoms with E-state index < -0.39 is 0 Å². The second kappa shape index (κ2) is 6.39. The van der Waals surface area contributed by atoms with Gasteiger partial charge >= 0.3 is 0 Å². The highest BCUT2D eigenvalue weighted by atomic mass is 16.5. The molecule has 0 aliphatic heterocycles. The minimum absolute atomic E-state index is 0.0957. The topological polar surface area (TPSA) is 77.2 Å². The Morgan fingerprint density at radius 1 is 1.16 bits per heavy atom. The van der Waals surface area contributed by atoms with Gasteiger partial charge in [-0.05, 0) is 36.4 Å². The maximum absolute atomic E-state index is 11.6. The molecule has 2 aromatic rings. The average molecular weight is 257 g/mol. The van der Waals surface area contributed by atoms with Gasteiger partial charge in [-0.15, -0.1) is 0 Å². The van der Waals surface area contributed by atoms with Crippen molar-refractivity contribution in [2.75, 3.05) is 17.7 Å². The predicted molar refractivity (Wildman–Crippen MR) is 73.8 cm³/mol. The van der Waals surface area contributed by atoms with Gasteiger partial charge in [0.25, 0.3) is 0 Å². The van der Waals surface area contributed by atoms with Gasteiger partial charge in [-0.2, -0.15) is 0 Å². The number of hydrogen-bond acceptors (Lipinski definition) is 4. The number of anilines is 2. The van der Waals surface area contributed by atoms with E-state index in [1.807, 2.05) is 0 Å². The van der Waals surface area contributed by atoms with Crippen LogP contribution in [0.4, 0.5) is 11.4 Å². The molecule has 1 amide bonds. The molecule has 0 saturated carbocycles. The van der Waals surface area contributed by atoms with Crippen molar-refractivity contribution in [2.45, 2.75) is 6.42 Å². The minimum atomic E-state index is -0.0957. The zero-order chi connectivity index (χ0) is 13.5. The van der Waals surface area contributed by atoms with E-state index >= 15 is 0 Å². The van der Waals surface area contributed by atoms with E-state index in [4.69, 9.17) is 10.5 Å². The summed E-state index contributed by atoms with van der Waals surface area (Å²) in [5, 5.41) is 2.76. The van der Waals surface area contributed by atoms with Crippen LogP contribution >= 0.6 is 0 Å². The van der Waals surface area contributed by atoms with Crippen LogP contribution < -0.4 is 15.8 Å². The van der Waals surface area contributed by atoms with Gasteiger partial charge in [-0.3, -0.25) is 9.78 Å². The molecule has 2 rings (SSSR count). The van der Waals surface area contributed by atoms with Gasteiger partial charge in [0.05, 0.1) is 13.0 Å². The van der Waals surface area contributed by atoms with Crippen molar-refractivity contribution >= 4 is 17.3 Å². The molecule has 0 aliphatic rings. The Labute approximate surface area is 111 Å². The highest BCUT2D eigenvalue weighted by Crippen LogP contribution is 2.13. The fourth-order valence-electron chi connectivity index (χ4n) is 1.48. The van der Waals surface area contributed by atoms with E-state index in [0.717, 1.165) is 5.69 Å². The predicted octanol–water partition coefficient (Wildman–Crippen LogP) is 2.07. The summed E-state index contributed by atoms with van der Waals surface area (Å²) in [6, 6.07) is 10.5. The Morgan fingerprint density at radius 3 is 2.53 bits per heavy atom. The first-order valence-electron chi connectivity index (χ1n) is 5.92. The zero-order valence-corrected chi connectivity index (χ0v) is 10.4. The summed E-state index contributed by atoms with van der Waals surface area (Å²) in [4.78, 5) is 15.5. The molecule has 0 radical (unpaired) electrons. The van der Waals surface area contributed by atoms with E-state index in [9.17, 15) is 4.79 Å². The van der Waals surface area contributed by atoms with Crippen molar-refractivity contribution in [3.63, 3.8) is 0 Å². The number of nitrogens with two attached hydrogens (primary N) is 1. The number of hydrogen-bond donors (Lipinski definition) is 2. The summed E-state index contributed by atoms with van der Waals surface area (Å²) >= 11 is 0. The third kappa shape index (κ3) is 4.31. The second-order valence-corrected chi connectivity index (χ2v) is 3.95. The van der Waals surface area contributed by atoms with E-state index in [2.05, 4.69) is 10.3 Å². The number of amides is 1. The van der Waals surface area contributed by atoms with Crippen LogP contribution in [0.15, 0.2) is 48.8 Å². The first-order valence-corrected chi connectivity index (χ1v) is 5.92. The summed E-state index contributed by atoms with van der Waals surface area (Å²) in [7, 11) is 0. The Kier molecular flexibility index (Phi) is 4.34. The fraction of sp³-hybridized carbons (Fsp3) is 0.143. The zero-order valence-electron chi connectivity index (χ0n) is 10.4. The Hall–Kier alpha value is -2.56. The third-order valence-electron chi connectivity index (χ3n) is 2.44. The maximum Gasteiger partial charge on any atom is 0.227 e. The number of nitrogen functional groups attached to an aromatic ring is 1. The smallest absolute Gasteiger partial charge is 0.227 e. The van der Waals surface area contributed by atoms with E-state index in [1.165, 1.54) is 0 Å². The van der Waals surface area contributed by atoms with Crippen LogP contribution in [0, 0.1) is 0 Å². The van der Waals surface area contributed by atoms with E-state index in [-0.39, 0.29) is 12.3 Å². The first-order chi connectivity index (χ1) is 9.24. The van der Waals surface area contributed by atoms with Gasteiger partial charge in [0, 0.05) is 23.8 Å². The number of aromatic nitrogens is 1. The molecule has 5 heteroatoms. The van der Waals surface area contributed by atoms with Crippen molar-refractivity contribution in [1.29, 1.82) is 0 Å². The number of nitrogens with one attached hydrogen (secondary N) is 1. The molecule has 0 bridgehead atoms. The molecule has 0 aliphatic carbocycles. The average Bonchev–Trinajstić information content (AvgIpc) is 2.42. The molecule has 5 nitrogen and oxygen atoms in total. The van der Waals surface area contributed by atoms with Crippen LogP contribution in [0.1, 0.15) is 6.42 Å². The molecular formula is C14H15N3O2. The van der Waals surface area contributed by atoms with Crippen molar-refractivity contribution in [3.05, 3.63) is 48.8 Å². The molecule has 98 valence electrons. The standard InChI is InChI=1S/C14H15N3O2/c15-11-1-3-13(4-2-11)19-10-7-14(18)17-12-5-8-16-9-6-12/h1-6,8-9H,7,10,15H2,(H,16,17,18). The van der Waals surface area contributed by atoms with Crippen LogP contribution in [0.2, 0.25) is 0 Å². The van der Waals surface area contributed by atoms with E-state index in [0.29, 0.717) is 18.0 Å². The highest BCUT2D eigenvalue weighted by Gasteiger charge is 2.02. The van der Waals surface area contributed by atoms with Crippen molar-refractivity contribution in [1.82, 2.24) is 4.98 Å². The summed E-state index contributed by atoms with van der Waals surface area (Å²) in [5.41, 5.74) is 6.98. The first kappa shape index (κ1) is 12.9. The number of ether oxygens (including phenoxy) is 1. The monoisotopic (exact) mass is 257 g/mol. The number of benzene rings is 1. The Morgan fingerprint density at radius 2 is 1.84 bits per heavy atom. The van der Waals surface area contributed by atoms with Gasteiger partial charge < -0.3 is 15.8 Å². The van der Waals surface area contributed by atoms with Gasteiger partial charge in [0.1, 0.15) is 5.75 Å². The quantitative estimate of drug-likeness (QED) is 0.804. The Balaban J connectivity index is 1.74. The highest BCUT2D eigenvalue weighted by molar-refractivity contribution is 5.90. The summed E-state index contributed by atoms with van der Waals surface area (Å²) < 4.78 is 5.44. The van der Waals surface area contributed by atoms with Crippen LogP contribution in [0.5, 0.6) is 5.75 Å². The van der Waals surface area contributed by atoms with Crippen molar-refractivity contribution < 1.29 is 9.53 Å². The summed E-state index contributed by atoms with van der Waals surface area (Å²) in [6.45, 7) is 0.320. The second-order valence-electron chi connectivity index (χ2n) is 3.95.